The minimum atomic E-state index is -0.252. The molecule has 0 saturated carbocycles. The highest BCUT2D eigenvalue weighted by Gasteiger charge is 2.23. The van der Waals surface area contributed by atoms with Crippen molar-refractivity contribution in [3.05, 3.63) is 34.2 Å². The van der Waals surface area contributed by atoms with Crippen LogP contribution in [0, 0.1) is 0 Å². The maximum Gasteiger partial charge on any atom is 0.255 e. The van der Waals surface area contributed by atoms with Crippen molar-refractivity contribution in [2.75, 3.05) is 26.7 Å². The molecule has 0 aliphatic carbocycles. The molecule has 0 aromatic carbocycles. The molecule has 1 aromatic heterocycles. The second-order valence-corrected chi connectivity index (χ2v) is 4.34. The molecule has 2 amide bonds. The summed E-state index contributed by atoms with van der Waals surface area (Å²) in [4.78, 5) is 40.4. The molecule has 1 saturated heterocycles. The zero-order valence-electron chi connectivity index (χ0n) is 10.2. The fourth-order valence-electron chi connectivity index (χ4n) is 1.89. The monoisotopic (exact) mass is 249 g/mol. The Labute approximate surface area is 104 Å². The van der Waals surface area contributed by atoms with Gasteiger partial charge in [0.25, 0.3) is 5.91 Å². The third kappa shape index (κ3) is 2.58. The van der Waals surface area contributed by atoms with Gasteiger partial charge in [-0.3, -0.25) is 14.4 Å². The van der Waals surface area contributed by atoms with Crippen LogP contribution in [0.15, 0.2) is 23.1 Å². The van der Waals surface area contributed by atoms with Crippen molar-refractivity contribution in [1.29, 1.82) is 0 Å². The summed E-state index contributed by atoms with van der Waals surface area (Å²) >= 11 is 0. The molecule has 1 aromatic rings. The van der Waals surface area contributed by atoms with Crippen LogP contribution in [-0.2, 0) is 4.79 Å². The van der Waals surface area contributed by atoms with Gasteiger partial charge in [-0.1, -0.05) is 0 Å². The minimum absolute atomic E-state index is 0.0646. The highest BCUT2D eigenvalue weighted by Crippen LogP contribution is 2.07. The number of rotatable bonds is 1. The van der Waals surface area contributed by atoms with Gasteiger partial charge in [-0.2, -0.15) is 0 Å². The normalized spacial score (nSPS) is 16.6. The molecular formula is C12H15N3O3. The molecule has 2 rings (SSSR count). The average molecular weight is 249 g/mol. The zero-order valence-corrected chi connectivity index (χ0v) is 10.2. The number of amides is 2. The predicted octanol–water partition coefficient (Wildman–Crippen LogP) is -0.321. The lowest BCUT2D eigenvalue weighted by molar-refractivity contribution is -0.129. The third-order valence-electron chi connectivity index (χ3n) is 2.99. The number of likely N-dealkylation sites (N-methyl/N-ethyl adjacent to an activating group) is 1. The molecule has 0 unspecified atom stereocenters. The molecular weight excluding hydrogens is 234 g/mol. The molecule has 0 spiro atoms. The number of aromatic amines is 1. The van der Waals surface area contributed by atoms with Crippen LogP contribution >= 0.6 is 0 Å². The van der Waals surface area contributed by atoms with Gasteiger partial charge in [-0.25, -0.2) is 0 Å². The Balaban J connectivity index is 2.15. The fourth-order valence-corrected chi connectivity index (χ4v) is 1.89. The largest absolute Gasteiger partial charge is 0.344 e. The van der Waals surface area contributed by atoms with Gasteiger partial charge in [-0.05, 0) is 12.5 Å². The summed E-state index contributed by atoms with van der Waals surface area (Å²) in [6, 6.07) is 2.78. The summed E-state index contributed by atoms with van der Waals surface area (Å²) in [5, 5.41) is 0. The average Bonchev–Trinajstić information content (AvgIpc) is 2.52. The van der Waals surface area contributed by atoms with Crippen molar-refractivity contribution < 1.29 is 9.59 Å². The van der Waals surface area contributed by atoms with Crippen molar-refractivity contribution in [1.82, 2.24) is 14.8 Å². The van der Waals surface area contributed by atoms with Gasteiger partial charge in [0.05, 0.1) is 5.56 Å². The van der Waals surface area contributed by atoms with Crippen LogP contribution in [0.25, 0.3) is 0 Å². The first kappa shape index (κ1) is 12.3. The molecule has 6 heteroatoms. The summed E-state index contributed by atoms with van der Waals surface area (Å²) in [6.45, 7) is 1.30. The molecule has 6 nitrogen and oxygen atoms in total. The van der Waals surface area contributed by atoms with Gasteiger partial charge in [0, 0.05) is 32.4 Å². The second kappa shape index (κ2) is 5.03. The summed E-state index contributed by atoms with van der Waals surface area (Å²) in [6.07, 6.45) is 2.14. The van der Waals surface area contributed by atoms with Crippen molar-refractivity contribution in [3.8, 4) is 0 Å². The van der Waals surface area contributed by atoms with Gasteiger partial charge in [-0.15, -0.1) is 0 Å². The number of hydrogen-bond donors (Lipinski definition) is 1. The van der Waals surface area contributed by atoms with E-state index in [0.717, 1.165) is 6.42 Å². The quantitative estimate of drug-likeness (QED) is 0.741. The Morgan fingerprint density at radius 3 is 2.72 bits per heavy atom. The van der Waals surface area contributed by atoms with E-state index in [-0.39, 0.29) is 23.9 Å². The number of aromatic nitrogens is 1. The topological polar surface area (TPSA) is 73.5 Å². The number of H-pyrrole nitrogens is 1. The molecule has 18 heavy (non-hydrogen) atoms. The van der Waals surface area contributed by atoms with E-state index >= 15 is 0 Å². The second-order valence-electron chi connectivity index (χ2n) is 4.34. The van der Waals surface area contributed by atoms with Gasteiger partial charge in [0.15, 0.2) is 0 Å². The fraction of sp³-hybridized carbons (Fsp3) is 0.417. The SMILES string of the molecule is CN1CCCN(C(=O)c2ccc(=O)[nH]c2)CC1=O. The van der Waals surface area contributed by atoms with Crippen LogP contribution in [0.3, 0.4) is 0 Å². The van der Waals surface area contributed by atoms with Crippen molar-refractivity contribution in [3.63, 3.8) is 0 Å². The van der Waals surface area contributed by atoms with Crippen molar-refractivity contribution in [2.45, 2.75) is 6.42 Å². The van der Waals surface area contributed by atoms with Crippen LogP contribution in [0.1, 0.15) is 16.8 Å². The molecule has 1 fully saturated rings. The Bertz CT molecular complexity index is 503. The lowest BCUT2D eigenvalue weighted by atomic mass is 10.2. The van der Waals surface area contributed by atoms with E-state index in [2.05, 4.69) is 4.98 Å². The van der Waals surface area contributed by atoms with E-state index in [1.165, 1.54) is 23.2 Å². The van der Waals surface area contributed by atoms with Crippen molar-refractivity contribution in [2.24, 2.45) is 0 Å². The molecule has 0 bridgehead atoms. The maximum atomic E-state index is 12.1. The molecule has 1 aliphatic rings. The number of carbonyl (C=O) groups is 2. The van der Waals surface area contributed by atoms with Crippen molar-refractivity contribution >= 4 is 11.8 Å². The Hall–Kier alpha value is -2.11. The van der Waals surface area contributed by atoms with Gasteiger partial charge < -0.3 is 14.8 Å². The molecule has 1 aliphatic heterocycles. The highest BCUT2D eigenvalue weighted by atomic mass is 16.2. The lowest BCUT2D eigenvalue weighted by Gasteiger charge is -2.19. The van der Waals surface area contributed by atoms with Crippen LogP contribution in [-0.4, -0.2) is 53.3 Å². The van der Waals surface area contributed by atoms with E-state index in [1.807, 2.05) is 0 Å². The van der Waals surface area contributed by atoms with Crippen LogP contribution < -0.4 is 5.56 Å². The number of pyridine rings is 1. The van der Waals surface area contributed by atoms with Crippen LogP contribution in [0.2, 0.25) is 0 Å². The van der Waals surface area contributed by atoms with Gasteiger partial charge >= 0.3 is 0 Å². The van der Waals surface area contributed by atoms with E-state index in [0.29, 0.717) is 18.7 Å². The van der Waals surface area contributed by atoms with Gasteiger partial charge in [0.1, 0.15) is 6.54 Å². The zero-order chi connectivity index (χ0) is 13.1. The standard InChI is InChI=1S/C12H15N3O3/c1-14-5-2-6-15(8-11(14)17)12(18)9-3-4-10(16)13-7-9/h3-4,7H,2,5-6,8H2,1H3,(H,13,16). The summed E-state index contributed by atoms with van der Waals surface area (Å²) < 4.78 is 0. The number of hydrogen-bond acceptors (Lipinski definition) is 3. The molecule has 0 radical (unpaired) electrons. The Morgan fingerprint density at radius 2 is 2.06 bits per heavy atom. The number of nitrogens with zero attached hydrogens (tertiary/aromatic N) is 2. The summed E-state index contributed by atoms with van der Waals surface area (Å²) in [7, 11) is 1.73. The van der Waals surface area contributed by atoms with E-state index in [1.54, 1.807) is 11.9 Å². The highest BCUT2D eigenvalue weighted by molar-refractivity contribution is 5.96. The molecule has 1 N–H and O–H groups in total. The molecule has 96 valence electrons. The van der Waals surface area contributed by atoms with E-state index in [4.69, 9.17) is 0 Å². The first-order chi connectivity index (χ1) is 8.58. The Kier molecular flexibility index (Phi) is 3.45. The predicted molar refractivity (Wildman–Crippen MR) is 65.2 cm³/mol. The van der Waals surface area contributed by atoms with E-state index < -0.39 is 0 Å². The summed E-state index contributed by atoms with van der Waals surface area (Å²) in [5.74, 6) is -0.292. The summed E-state index contributed by atoms with van der Waals surface area (Å²) in [5.41, 5.74) is 0.144. The smallest absolute Gasteiger partial charge is 0.255 e. The number of carbonyl (C=O) groups excluding carboxylic acids is 2. The van der Waals surface area contributed by atoms with Crippen LogP contribution in [0.5, 0.6) is 0 Å². The third-order valence-corrected chi connectivity index (χ3v) is 2.99. The maximum absolute atomic E-state index is 12.1. The molecule has 2 heterocycles. The Morgan fingerprint density at radius 1 is 1.28 bits per heavy atom. The van der Waals surface area contributed by atoms with E-state index in [9.17, 15) is 14.4 Å². The first-order valence-corrected chi connectivity index (χ1v) is 5.80. The number of nitrogens with one attached hydrogen (secondary N) is 1. The minimum Gasteiger partial charge on any atom is -0.344 e. The molecule has 0 atom stereocenters. The lowest BCUT2D eigenvalue weighted by Crippen LogP contribution is -2.38. The van der Waals surface area contributed by atoms with Crippen LogP contribution in [0.4, 0.5) is 0 Å². The van der Waals surface area contributed by atoms with Gasteiger partial charge in [0.2, 0.25) is 11.5 Å². The first-order valence-electron chi connectivity index (χ1n) is 5.80.